The number of thiazole rings is 2. The van der Waals surface area contributed by atoms with Crippen molar-refractivity contribution in [1.29, 1.82) is 0 Å². The smallest absolute Gasteiger partial charge is 0.263 e. The summed E-state index contributed by atoms with van der Waals surface area (Å²) in [6, 6.07) is 14.7. The molecular weight excluding hydrogens is 544 g/mol. The Morgan fingerprint density at radius 1 is 1.17 bits per heavy atom. The molecule has 4 rings (SSSR count). The molecule has 1 N–H and O–H groups in total. The van der Waals surface area contributed by atoms with Crippen LogP contribution in [0.5, 0.6) is 0 Å². The molecule has 13 heteroatoms. The highest BCUT2D eigenvalue weighted by atomic mass is 35.5. The second-order valence-corrected chi connectivity index (χ2v) is 12.0. The molecule has 0 aliphatic carbocycles. The van der Waals surface area contributed by atoms with E-state index in [4.69, 9.17) is 16.3 Å². The number of nitrogens with zero attached hydrogens (tertiary/aromatic N) is 3. The largest absolute Gasteiger partial charge is 0.383 e. The first-order valence-electron chi connectivity index (χ1n) is 10.6. The number of methoxy groups -OCH3 is 1. The number of aromatic nitrogens is 2. The lowest BCUT2D eigenvalue weighted by Crippen LogP contribution is -2.28. The molecule has 0 atom stereocenters. The van der Waals surface area contributed by atoms with E-state index in [0.717, 1.165) is 15.8 Å². The van der Waals surface area contributed by atoms with Crippen molar-refractivity contribution in [1.82, 2.24) is 9.55 Å². The third-order valence-corrected chi connectivity index (χ3v) is 8.32. The summed E-state index contributed by atoms with van der Waals surface area (Å²) in [7, 11) is -2.51. The predicted octanol–water partition coefficient (Wildman–Crippen LogP) is 3.61. The maximum absolute atomic E-state index is 12.5. The number of fused-ring (bicyclic) bond motifs is 1. The summed E-state index contributed by atoms with van der Waals surface area (Å²) in [5.74, 6) is -3.40. The van der Waals surface area contributed by atoms with Gasteiger partial charge in [0.25, 0.3) is 5.91 Å². The predicted molar refractivity (Wildman–Crippen MR) is 142 cm³/mol. The molecule has 9 nitrogen and oxygen atoms in total. The van der Waals surface area contributed by atoms with Gasteiger partial charge >= 0.3 is 0 Å². The van der Waals surface area contributed by atoms with E-state index in [1.165, 1.54) is 22.7 Å². The van der Waals surface area contributed by atoms with Crippen LogP contribution in [-0.2, 0) is 30.7 Å². The number of ether oxygens (including phenoxy) is 1. The highest BCUT2D eigenvalue weighted by Gasteiger charge is 2.22. The van der Waals surface area contributed by atoms with E-state index in [1.54, 1.807) is 35.3 Å². The highest BCUT2D eigenvalue weighted by Crippen LogP contribution is 2.25. The number of rotatable bonds is 9. The van der Waals surface area contributed by atoms with Gasteiger partial charge in [0.2, 0.25) is 5.91 Å². The van der Waals surface area contributed by atoms with Crippen LogP contribution in [0.3, 0.4) is 0 Å². The molecule has 188 valence electrons. The van der Waals surface area contributed by atoms with Crippen molar-refractivity contribution < 1.29 is 22.7 Å². The fourth-order valence-corrected chi connectivity index (χ4v) is 6.44. The second kappa shape index (κ2) is 11.4. The van der Waals surface area contributed by atoms with Crippen LogP contribution in [0, 0.1) is 0 Å². The molecule has 0 aliphatic heterocycles. The van der Waals surface area contributed by atoms with Gasteiger partial charge in [0.05, 0.1) is 22.5 Å². The number of halogens is 1. The van der Waals surface area contributed by atoms with Crippen molar-refractivity contribution in [3.8, 4) is 11.3 Å². The molecule has 0 radical (unpaired) electrons. The van der Waals surface area contributed by atoms with Gasteiger partial charge in [-0.05, 0) is 18.2 Å². The number of hydrogen-bond donors (Lipinski definition) is 1. The van der Waals surface area contributed by atoms with Crippen LogP contribution in [0.25, 0.3) is 21.5 Å². The molecule has 2 aromatic heterocycles. The van der Waals surface area contributed by atoms with Crippen molar-refractivity contribution in [3.63, 3.8) is 0 Å². The summed E-state index contributed by atoms with van der Waals surface area (Å²) in [6.07, 6.45) is 0. The van der Waals surface area contributed by atoms with Crippen molar-refractivity contribution in [2.45, 2.75) is 6.54 Å². The average Bonchev–Trinajstić information content (AvgIpc) is 3.41. The van der Waals surface area contributed by atoms with E-state index in [9.17, 15) is 18.0 Å². The van der Waals surface area contributed by atoms with Crippen LogP contribution >= 0.6 is 34.3 Å². The van der Waals surface area contributed by atoms with Gasteiger partial charge in [-0.15, -0.1) is 11.3 Å². The number of carbonyl (C=O) groups excluding carboxylic acids is 2. The van der Waals surface area contributed by atoms with Gasteiger partial charge in [0, 0.05) is 29.6 Å². The van der Waals surface area contributed by atoms with E-state index in [0.29, 0.717) is 28.7 Å². The molecule has 2 aromatic carbocycles. The van der Waals surface area contributed by atoms with Crippen molar-refractivity contribution >= 4 is 71.3 Å². The molecule has 0 aliphatic rings. The third kappa shape index (κ3) is 6.65. The summed E-state index contributed by atoms with van der Waals surface area (Å²) in [5.41, 5.74) is 2.34. The van der Waals surface area contributed by atoms with Crippen LogP contribution in [0.4, 0.5) is 5.13 Å². The van der Waals surface area contributed by atoms with Gasteiger partial charge in [-0.1, -0.05) is 53.3 Å². The van der Waals surface area contributed by atoms with Gasteiger partial charge < -0.3 is 14.6 Å². The van der Waals surface area contributed by atoms with Crippen molar-refractivity contribution in [2.24, 2.45) is 4.99 Å². The van der Waals surface area contributed by atoms with Gasteiger partial charge in [0.1, 0.15) is 11.5 Å². The quantitative estimate of drug-likeness (QED) is 0.332. The maximum Gasteiger partial charge on any atom is 0.263 e. The van der Waals surface area contributed by atoms with Gasteiger partial charge in [-0.2, -0.15) is 4.99 Å². The highest BCUT2D eigenvalue weighted by molar-refractivity contribution is 7.92. The number of benzene rings is 2. The lowest BCUT2D eigenvalue weighted by atomic mass is 10.2. The Balaban J connectivity index is 1.45. The van der Waals surface area contributed by atoms with Crippen LogP contribution < -0.4 is 10.1 Å². The number of nitrogens with one attached hydrogen (secondary N) is 1. The van der Waals surface area contributed by atoms with Crippen LogP contribution in [0.1, 0.15) is 0 Å². The van der Waals surface area contributed by atoms with Crippen molar-refractivity contribution in [3.05, 3.63) is 63.7 Å². The first-order valence-corrected chi connectivity index (χ1v) is 14.5. The Bertz CT molecular complexity index is 1580. The normalized spacial score (nSPS) is 12.2. The number of sulfone groups is 1. The topological polar surface area (TPSA) is 120 Å². The number of carbonyl (C=O) groups is 2. The zero-order chi connectivity index (χ0) is 25.7. The van der Waals surface area contributed by atoms with E-state index in [-0.39, 0.29) is 5.13 Å². The molecule has 2 heterocycles. The first-order chi connectivity index (χ1) is 17.2. The van der Waals surface area contributed by atoms with E-state index in [2.05, 4.69) is 15.3 Å². The van der Waals surface area contributed by atoms with Crippen molar-refractivity contribution in [2.75, 3.05) is 30.5 Å². The standard InChI is InChI=1S/C23H21ClN4O5S3/c1-33-10-9-28-18-8-7-16(24)11-19(18)35-23(28)27-21(30)14-36(31,32)13-20(29)26-22-25-17(12-34-22)15-5-3-2-4-6-15/h2-8,11-12H,9-10,13-14H2,1H3,(H,25,26,29). The molecule has 0 bridgehead atoms. The molecular formula is C23H21ClN4O5S3. The van der Waals surface area contributed by atoms with E-state index in [1.807, 2.05) is 30.3 Å². The molecule has 36 heavy (non-hydrogen) atoms. The first kappa shape index (κ1) is 26.2. The minimum Gasteiger partial charge on any atom is -0.383 e. The summed E-state index contributed by atoms with van der Waals surface area (Å²) < 4.78 is 32.8. The Kier molecular flexibility index (Phi) is 8.32. The fraction of sp³-hybridized carbons (Fsp3) is 0.217. The number of hydrogen-bond acceptors (Lipinski definition) is 8. The molecule has 0 spiro atoms. The Morgan fingerprint density at radius 2 is 1.94 bits per heavy atom. The molecule has 2 amide bonds. The summed E-state index contributed by atoms with van der Waals surface area (Å²) in [4.78, 5) is 33.5. The lowest BCUT2D eigenvalue weighted by Gasteiger charge is -2.04. The fourth-order valence-electron chi connectivity index (χ4n) is 3.34. The Labute approximate surface area is 220 Å². The maximum atomic E-state index is 12.5. The summed E-state index contributed by atoms with van der Waals surface area (Å²) >= 11 is 8.47. The molecule has 0 fully saturated rings. The van der Waals surface area contributed by atoms with E-state index >= 15 is 0 Å². The molecule has 0 saturated carbocycles. The van der Waals surface area contributed by atoms with Crippen LogP contribution in [0.15, 0.2) is 58.9 Å². The minimum absolute atomic E-state index is 0.271. The minimum atomic E-state index is -4.06. The summed E-state index contributed by atoms with van der Waals surface area (Å²) in [6.45, 7) is 0.787. The SMILES string of the molecule is COCCn1c(=NC(=O)CS(=O)(=O)CC(=O)Nc2nc(-c3ccccc3)cs2)sc2cc(Cl)ccc21. The van der Waals surface area contributed by atoms with Crippen LogP contribution in [0.2, 0.25) is 5.02 Å². The zero-order valence-corrected chi connectivity index (χ0v) is 22.2. The Hall–Kier alpha value is -2.90. The third-order valence-electron chi connectivity index (χ3n) is 4.90. The molecule has 0 unspecified atom stereocenters. The zero-order valence-electron chi connectivity index (χ0n) is 19.0. The van der Waals surface area contributed by atoms with Crippen LogP contribution in [-0.4, -0.2) is 55.0 Å². The van der Waals surface area contributed by atoms with Gasteiger partial charge in [0.15, 0.2) is 19.8 Å². The molecule has 4 aromatic rings. The monoisotopic (exact) mass is 564 g/mol. The van der Waals surface area contributed by atoms with Gasteiger partial charge in [-0.25, -0.2) is 13.4 Å². The lowest BCUT2D eigenvalue weighted by molar-refractivity contribution is -0.115. The Morgan fingerprint density at radius 3 is 2.69 bits per heavy atom. The summed E-state index contributed by atoms with van der Waals surface area (Å²) in [5, 5.41) is 5.05. The molecule has 0 saturated heterocycles. The second-order valence-electron chi connectivity index (χ2n) is 7.63. The average molecular weight is 565 g/mol. The van der Waals surface area contributed by atoms with E-state index < -0.39 is 33.2 Å². The number of amides is 2. The number of anilines is 1. The van der Waals surface area contributed by atoms with Gasteiger partial charge in [-0.3, -0.25) is 9.59 Å².